The van der Waals surface area contributed by atoms with E-state index in [0.717, 1.165) is 20.8 Å². The molecule has 0 aromatic heterocycles. The number of benzene rings is 1. The molecule has 9 amide bonds. The number of phenolic OH excluding ortho intramolecular Hbond substituents is 1. The number of aliphatic carboxylic acids is 1. The van der Waals surface area contributed by atoms with E-state index >= 15 is 0 Å². The highest BCUT2D eigenvalue weighted by Gasteiger charge is 2.38. The van der Waals surface area contributed by atoms with Gasteiger partial charge in [-0.2, -0.15) is 0 Å². The molecular weight excluding hydrogens is 947 g/mol. The molecule has 26 heteroatoms. The summed E-state index contributed by atoms with van der Waals surface area (Å²) in [5, 5.41) is 69.6. The molecule has 26 nitrogen and oxygen atoms in total. The number of carboxylic acid groups (broad SMARTS) is 1. The number of carboxylic acids is 1. The van der Waals surface area contributed by atoms with Gasteiger partial charge in [-0.25, -0.2) is 4.79 Å². The van der Waals surface area contributed by atoms with E-state index in [2.05, 4.69) is 42.5 Å². The third-order valence-electron chi connectivity index (χ3n) is 11.1. The molecule has 72 heavy (non-hydrogen) atoms. The normalized spacial score (nSPS) is 16.3. The number of aromatic hydroxyl groups is 1. The standard InChI is InChI=1S/C46H77N11O15/c1-21(2)19-32(46(71)72)53-43(68)35(24(6)58)56-45(70)37(26(8)60)57-44(69)36(25(7)59)55-42(67)34(22(3)4)54-38(63)23(5)50-40(65)30(16-17-33(49)62)51-41(66)31(20-27-12-14-28(61)15-13-27)52-39(64)29(48)11-9-10-18-47/h12-15,21-26,29-32,34-37,58-61H,9-11,16-20,47-48H2,1-8H3,(H2,49,62)(H,50,65)(H,51,66)(H,52,64)(H,53,68)(H,54,63)(H,55,67)(H,56,70)(H,57,69)(H,71,72)/t23-,24+,25+,26+,29-,30-,31-,32-,34-,35-,36-,37-/m0/s1. The minimum Gasteiger partial charge on any atom is -0.508 e. The van der Waals surface area contributed by atoms with Crippen molar-refractivity contribution in [3.05, 3.63) is 29.8 Å². The highest BCUT2D eigenvalue weighted by molar-refractivity contribution is 5.98. The Morgan fingerprint density at radius 2 is 0.958 bits per heavy atom. The van der Waals surface area contributed by atoms with Gasteiger partial charge in [0.2, 0.25) is 53.2 Å². The van der Waals surface area contributed by atoms with Gasteiger partial charge in [0.05, 0.1) is 24.4 Å². The zero-order valence-electron chi connectivity index (χ0n) is 42.1. The van der Waals surface area contributed by atoms with E-state index in [9.17, 15) is 73.5 Å². The summed E-state index contributed by atoms with van der Waals surface area (Å²) in [6.07, 6.45) is -4.39. The highest BCUT2D eigenvalue weighted by atomic mass is 16.4. The second-order valence-electron chi connectivity index (χ2n) is 18.6. The molecule has 12 atom stereocenters. The van der Waals surface area contributed by atoms with E-state index in [1.807, 2.05) is 0 Å². The molecule has 0 heterocycles. The van der Waals surface area contributed by atoms with Crippen molar-refractivity contribution in [2.75, 3.05) is 6.54 Å². The summed E-state index contributed by atoms with van der Waals surface area (Å²) in [6, 6.07) is -7.80. The summed E-state index contributed by atoms with van der Waals surface area (Å²) >= 11 is 0. The molecule has 0 fully saturated rings. The lowest BCUT2D eigenvalue weighted by atomic mass is 10.0. The molecule has 0 aliphatic heterocycles. The Kier molecular flexibility index (Phi) is 27.4. The van der Waals surface area contributed by atoms with E-state index in [1.54, 1.807) is 13.8 Å². The molecule has 0 aliphatic rings. The maximum Gasteiger partial charge on any atom is 0.326 e. The van der Waals surface area contributed by atoms with Crippen molar-refractivity contribution in [2.24, 2.45) is 29.0 Å². The zero-order chi connectivity index (χ0) is 55.2. The highest BCUT2D eigenvalue weighted by Crippen LogP contribution is 2.14. The SMILES string of the molecule is CC(C)C[C@H](NC(=O)[C@@H](NC(=O)[C@@H](NC(=O)[C@@H](NC(=O)[C@@H](NC(=O)[C@H](C)NC(=O)[C@H](CCC(N)=O)NC(=O)[C@H](Cc1ccc(O)cc1)NC(=O)[C@@H](N)CCCCN)C(C)C)[C@@H](C)O)[C@@H](C)O)[C@@H](C)O)C(=O)O. The Bertz CT molecular complexity index is 2000. The van der Waals surface area contributed by atoms with Gasteiger partial charge in [0.1, 0.15) is 54.1 Å². The van der Waals surface area contributed by atoms with Crippen LogP contribution in [0.3, 0.4) is 0 Å². The van der Waals surface area contributed by atoms with Gasteiger partial charge in [-0.3, -0.25) is 43.2 Å². The smallest absolute Gasteiger partial charge is 0.326 e. The van der Waals surface area contributed by atoms with Crippen LogP contribution in [0.4, 0.5) is 0 Å². The molecule has 0 bridgehead atoms. The first-order chi connectivity index (χ1) is 33.5. The predicted octanol–water partition coefficient (Wildman–Crippen LogP) is -4.52. The summed E-state index contributed by atoms with van der Waals surface area (Å²) in [4.78, 5) is 131. The number of hydrogen-bond acceptors (Lipinski definition) is 16. The Balaban J connectivity index is 3.26. The lowest BCUT2D eigenvalue weighted by Crippen LogP contribution is -2.64. The number of nitrogens with two attached hydrogens (primary N) is 3. The van der Waals surface area contributed by atoms with Crippen molar-refractivity contribution in [3.63, 3.8) is 0 Å². The zero-order valence-corrected chi connectivity index (χ0v) is 42.1. The first kappa shape index (κ1) is 63.5. The number of rotatable bonds is 32. The largest absolute Gasteiger partial charge is 0.508 e. The average Bonchev–Trinajstić information content (AvgIpc) is 3.28. The van der Waals surface area contributed by atoms with Gasteiger partial charge in [-0.1, -0.05) is 46.2 Å². The van der Waals surface area contributed by atoms with E-state index < -0.39 is 144 Å². The topological polar surface area (TPSA) is 446 Å². The molecule has 1 aromatic carbocycles. The first-order valence-corrected chi connectivity index (χ1v) is 23.7. The predicted molar refractivity (Wildman–Crippen MR) is 259 cm³/mol. The molecule has 0 radical (unpaired) electrons. The fraction of sp³-hybridized carbons (Fsp3) is 0.652. The van der Waals surface area contributed by atoms with Crippen LogP contribution in [0.25, 0.3) is 0 Å². The number of nitrogens with one attached hydrogen (secondary N) is 8. The number of primary amides is 1. The third-order valence-corrected chi connectivity index (χ3v) is 11.1. The number of aliphatic hydroxyl groups is 3. The summed E-state index contributed by atoms with van der Waals surface area (Å²) in [5.41, 5.74) is 17.5. The van der Waals surface area contributed by atoms with Gasteiger partial charge in [0.15, 0.2) is 0 Å². The van der Waals surface area contributed by atoms with E-state index in [4.69, 9.17) is 17.2 Å². The van der Waals surface area contributed by atoms with Crippen LogP contribution in [0.2, 0.25) is 0 Å². The van der Waals surface area contributed by atoms with Crippen LogP contribution in [-0.2, 0) is 54.4 Å². The van der Waals surface area contributed by atoms with E-state index in [0.29, 0.717) is 24.9 Å². The monoisotopic (exact) mass is 1020 g/mol. The lowest BCUT2D eigenvalue weighted by molar-refractivity contribution is -0.143. The van der Waals surface area contributed by atoms with Gasteiger partial charge in [0, 0.05) is 12.8 Å². The van der Waals surface area contributed by atoms with Crippen molar-refractivity contribution < 1.29 is 73.5 Å². The second kappa shape index (κ2) is 31.1. The van der Waals surface area contributed by atoms with Gasteiger partial charge in [-0.15, -0.1) is 0 Å². The average molecular weight is 1020 g/mol. The molecule has 0 aliphatic carbocycles. The molecular formula is C46H77N11O15. The second-order valence-corrected chi connectivity index (χ2v) is 18.6. The summed E-state index contributed by atoms with van der Waals surface area (Å²) < 4.78 is 0. The summed E-state index contributed by atoms with van der Waals surface area (Å²) in [7, 11) is 0. The van der Waals surface area contributed by atoms with Crippen LogP contribution >= 0.6 is 0 Å². The van der Waals surface area contributed by atoms with Crippen molar-refractivity contribution in [1.29, 1.82) is 0 Å². The van der Waals surface area contributed by atoms with Gasteiger partial charge >= 0.3 is 5.97 Å². The van der Waals surface area contributed by atoms with Crippen molar-refractivity contribution >= 4 is 59.1 Å². The molecule has 1 aromatic rings. The van der Waals surface area contributed by atoms with Crippen molar-refractivity contribution in [1.82, 2.24) is 42.5 Å². The number of amides is 9. The maximum atomic E-state index is 13.8. The van der Waals surface area contributed by atoms with Crippen LogP contribution in [0.1, 0.15) is 99.5 Å². The summed E-state index contributed by atoms with van der Waals surface area (Å²) in [6.45, 7) is 11.4. The van der Waals surface area contributed by atoms with Crippen molar-refractivity contribution in [2.45, 2.75) is 173 Å². The van der Waals surface area contributed by atoms with E-state index in [1.165, 1.54) is 45.0 Å². The molecule has 406 valence electrons. The Morgan fingerprint density at radius 1 is 0.528 bits per heavy atom. The number of phenols is 1. The fourth-order valence-electron chi connectivity index (χ4n) is 6.92. The summed E-state index contributed by atoms with van der Waals surface area (Å²) in [5.74, 6) is -11.1. The first-order valence-electron chi connectivity index (χ1n) is 23.7. The van der Waals surface area contributed by atoms with Crippen LogP contribution in [-0.4, -0.2) is 164 Å². The fourth-order valence-corrected chi connectivity index (χ4v) is 6.92. The van der Waals surface area contributed by atoms with Crippen LogP contribution in [0, 0.1) is 11.8 Å². The third kappa shape index (κ3) is 22.3. The Morgan fingerprint density at radius 3 is 1.39 bits per heavy atom. The van der Waals surface area contributed by atoms with Gasteiger partial charge in [0.25, 0.3) is 0 Å². The number of aliphatic hydroxyl groups excluding tert-OH is 3. The Labute approximate surface area is 418 Å². The molecule has 0 unspecified atom stereocenters. The van der Waals surface area contributed by atoms with Crippen molar-refractivity contribution in [3.8, 4) is 5.75 Å². The number of carbonyl (C=O) groups excluding carboxylic acids is 9. The molecule has 0 saturated heterocycles. The lowest BCUT2D eigenvalue weighted by Gasteiger charge is -2.30. The van der Waals surface area contributed by atoms with Gasteiger partial charge < -0.3 is 85.3 Å². The maximum absolute atomic E-state index is 13.8. The minimum absolute atomic E-state index is 0.0157. The number of carbonyl (C=O) groups is 10. The van der Waals surface area contributed by atoms with Gasteiger partial charge in [-0.05, 0) is 89.5 Å². The molecule has 0 saturated carbocycles. The molecule has 19 N–H and O–H groups in total. The quantitative estimate of drug-likeness (QED) is 0.0302. The van der Waals surface area contributed by atoms with Crippen LogP contribution < -0.4 is 59.7 Å². The number of hydrogen-bond donors (Lipinski definition) is 16. The minimum atomic E-state index is -1.86. The molecule has 1 rings (SSSR count). The Hall–Kier alpha value is -6.48. The van der Waals surface area contributed by atoms with Crippen LogP contribution in [0.15, 0.2) is 24.3 Å². The number of unbranched alkanes of at least 4 members (excludes halogenated alkanes) is 1. The van der Waals surface area contributed by atoms with E-state index in [-0.39, 0.29) is 37.4 Å². The van der Waals surface area contributed by atoms with Crippen LogP contribution in [0.5, 0.6) is 5.75 Å². The molecule has 0 spiro atoms.